The molecule has 3 rings (SSSR count). The molecule has 0 spiro atoms. The fraction of sp³-hybridized carbons (Fsp3) is 0.667. The third-order valence-corrected chi connectivity index (χ3v) is 4.88. The van der Waals surface area contributed by atoms with Crippen molar-refractivity contribution >= 4 is 17.1 Å². The number of hydrogen-bond acceptors (Lipinski definition) is 10. The molecule has 0 bridgehead atoms. The molecule has 166 valence electrons. The summed E-state index contributed by atoms with van der Waals surface area (Å²) in [6, 6.07) is 2.42. The van der Waals surface area contributed by atoms with Crippen LogP contribution < -0.4 is 5.32 Å². The average Bonchev–Trinajstić information content (AvgIpc) is 3.17. The topological polar surface area (TPSA) is 155 Å². The number of hydrogen-bond donors (Lipinski definition) is 2. The van der Waals surface area contributed by atoms with Crippen molar-refractivity contribution in [3.05, 3.63) is 38.4 Å². The van der Waals surface area contributed by atoms with Gasteiger partial charge in [0.2, 0.25) is 0 Å². The lowest BCUT2D eigenvalue weighted by Crippen LogP contribution is -2.48. The average molecular weight is 427 g/mol. The summed E-state index contributed by atoms with van der Waals surface area (Å²) >= 11 is 0. The molecule has 0 aliphatic carbocycles. The second-order valence-electron chi connectivity index (χ2n) is 8.08. The molecule has 30 heavy (non-hydrogen) atoms. The predicted octanol–water partition coefficient (Wildman–Crippen LogP) is 1.95. The van der Waals surface area contributed by atoms with Crippen LogP contribution in [0.15, 0.2) is 18.2 Å². The first-order chi connectivity index (χ1) is 13.9. The molecule has 0 amide bonds. The Morgan fingerprint density at radius 2 is 1.83 bits per heavy atom. The van der Waals surface area contributed by atoms with Gasteiger partial charge in [-0.25, -0.2) is 0 Å². The van der Waals surface area contributed by atoms with E-state index in [1.165, 1.54) is 6.07 Å². The van der Waals surface area contributed by atoms with Crippen molar-refractivity contribution in [1.29, 1.82) is 0 Å². The third-order valence-electron chi connectivity index (χ3n) is 4.88. The molecule has 1 aromatic rings. The van der Waals surface area contributed by atoms with Gasteiger partial charge < -0.3 is 29.4 Å². The van der Waals surface area contributed by atoms with Crippen LogP contribution >= 0.6 is 0 Å². The molecule has 2 heterocycles. The van der Waals surface area contributed by atoms with E-state index in [0.29, 0.717) is 0 Å². The molecular weight excluding hydrogens is 402 g/mol. The number of nitrogens with zero attached hydrogens (tertiary/aromatic N) is 2. The van der Waals surface area contributed by atoms with Crippen LogP contribution in [0.25, 0.3) is 0 Å². The van der Waals surface area contributed by atoms with Crippen molar-refractivity contribution in [2.24, 2.45) is 0 Å². The van der Waals surface area contributed by atoms with E-state index in [1.807, 2.05) is 0 Å². The van der Waals surface area contributed by atoms with E-state index in [9.17, 15) is 25.3 Å². The van der Waals surface area contributed by atoms with Gasteiger partial charge in [-0.15, -0.1) is 0 Å². The standard InChI is InChI=1S/C18H25N3O9/c1-17(2)27-9-14(28-17)16-15(29-18(3,4)30-16)12(8-22)19-11-6-5-10(20(23)24)7-13(11)21(25)26/h5-7,12,14-16,19,22H,8-9H2,1-4H3/t12-,14+,15+,16+/m0/s1. The van der Waals surface area contributed by atoms with Crippen LogP contribution in [-0.4, -0.2) is 64.1 Å². The Bertz CT molecular complexity index is 829. The van der Waals surface area contributed by atoms with Crippen LogP contribution in [0, 0.1) is 20.2 Å². The highest BCUT2D eigenvalue weighted by Gasteiger charge is 2.52. The van der Waals surface area contributed by atoms with Gasteiger partial charge in [0, 0.05) is 6.07 Å². The molecule has 0 unspecified atom stereocenters. The number of benzene rings is 1. The van der Waals surface area contributed by atoms with Gasteiger partial charge in [0.25, 0.3) is 11.4 Å². The van der Waals surface area contributed by atoms with Gasteiger partial charge in [0.15, 0.2) is 11.6 Å². The predicted molar refractivity (Wildman–Crippen MR) is 103 cm³/mol. The quantitative estimate of drug-likeness (QED) is 0.487. The SMILES string of the molecule is CC1(C)O[C@H]([C@H](CO)Nc2ccc([N+](=O)[O-])cc2[N+](=O)[O-])[C@@H]([C@H]2COC(C)(C)O2)O1. The number of rotatable bonds is 7. The molecule has 2 aliphatic heterocycles. The molecular formula is C18H25N3O9. The lowest BCUT2D eigenvalue weighted by molar-refractivity contribution is -0.393. The van der Waals surface area contributed by atoms with E-state index in [-0.39, 0.29) is 12.3 Å². The van der Waals surface area contributed by atoms with Crippen molar-refractivity contribution in [3.8, 4) is 0 Å². The van der Waals surface area contributed by atoms with Crippen molar-refractivity contribution in [2.75, 3.05) is 18.5 Å². The van der Waals surface area contributed by atoms with Crippen LogP contribution in [0.5, 0.6) is 0 Å². The van der Waals surface area contributed by atoms with Crippen molar-refractivity contribution in [1.82, 2.24) is 0 Å². The van der Waals surface area contributed by atoms with Crippen molar-refractivity contribution in [2.45, 2.75) is 63.6 Å². The third kappa shape index (κ3) is 4.68. The van der Waals surface area contributed by atoms with E-state index < -0.39 is 63.8 Å². The Hall–Kier alpha value is -2.38. The highest BCUT2D eigenvalue weighted by Crippen LogP contribution is 2.38. The number of nitrogens with one attached hydrogen (secondary N) is 1. The Kier molecular flexibility index (Phi) is 5.98. The van der Waals surface area contributed by atoms with E-state index in [2.05, 4.69) is 5.32 Å². The Morgan fingerprint density at radius 3 is 2.37 bits per heavy atom. The molecule has 12 nitrogen and oxygen atoms in total. The van der Waals surface area contributed by atoms with Crippen molar-refractivity contribution in [3.63, 3.8) is 0 Å². The number of ether oxygens (including phenoxy) is 4. The van der Waals surface area contributed by atoms with Crippen LogP contribution in [0.3, 0.4) is 0 Å². The summed E-state index contributed by atoms with van der Waals surface area (Å²) in [7, 11) is 0. The first kappa shape index (κ1) is 22.3. The number of non-ortho nitro benzene ring substituents is 1. The van der Waals surface area contributed by atoms with Gasteiger partial charge in [-0.05, 0) is 33.8 Å². The first-order valence-electron chi connectivity index (χ1n) is 9.40. The molecule has 2 N–H and O–H groups in total. The van der Waals surface area contributed by atoms with Gasteiger partial charge in [-0.3, -0.25) is 20.2 Å². The summed E-state index contributed by atoms with van der Waals surface area (Å²) in [5.41, 5.74) is -0.884. The van der Waals surface area contributed by atoms with Crippen LogP contribution in [-0.2, 0) is 18.9 Å². The maximum atomic E-state index is 11.4. The second-order valence-corrected chi connectivity index (χ2v) is 8.08. The van der Waals surface area contributed by atoms with Crippen molar-refractivity contribution < 1.29 is 33.9 Å². The molecule has 4 atom stereocenters. The maximum Gasteiger partial charge on any atom is 0.299 e. The summed E-state index contributed by atoms with van der Waals surface area (Å²) in [6.07, 6.45) is -1.83. The number of aliphatic hydroxyl groups is 1. The Balaban J connectivity index is 1.87. The Labute approximate surface area is 172 Å². The minimum absolute atomic E-state index is 0.0145. The van der Waals surface area contributed by atoms with E-state index >= 15 is 0 Å². The monoisotopic (exact) mass is 427 g/mol. The number of aliphatic hydroxyl groups excluding tert-OH is 1. The summed E-state index contributed by atoms with van der Waals surface area (Å²) in [5.74, 6) is -1.79. The van der Waals surface area contributed by atoms with Crippen LogP contribution in [0.1, 0.15) is 27.7 Å². The zero-order valence-corrected chi connectivity index (χ0v) is 17.1. The van der Waals surface area contributed by atoms with E-state index in [0.717, 1.165) is 12.1 Å². The number of nitro groups is 2. The molecule has 1 aromatic carbocycles. The van der Waals surface area contributed by atoms with Gasteiger partial charge in [0.1, 0.15) is 24.0 Å². The smallest absolute Gasteiger partial charge is 0.299 e. The molecule has 2 fully saturated rings. The van der Waals surface area contributed by atoms with Crippen LogP contribution in [0.4, 0.5) is 17.1 Å². The lowest BCUT2D eigenvalue weighted by Gasteiger charge is -2.29. The minimum Gasteiger partial charge on any atom is -0.394 e. The fourth-order valence-electron chi connectivity index (χ4n) is 3.63. The zero-order valence-electron chi connectivity index (χ0n) is 17.1. The number of anilines is 1. The van der Waals surface area contributed by atoms with Crippen LogP contribution in [0.2, 0.25) is 0 Å². The van der Waals surface area contributed by atoms with E-state index in [4.69, 9.17) is 18.9 Å². The molecule has 0 radical (unpaired) electrons. The second kappa shape index (κ2) is 8.04. The summed E-state index contributed by atoms with van der Waals surface area (Å²) in [4.78, 5) is 20.9. The maximum absolute atomic E-state index is 11.4. The summed E-state index contributed by atoms with van der Waals surface area (Å²) in [5, 5.41) is 35.3. The van der Waals surface area contributed by atoms with Gasteiger partial charge in [0.05, 0.1) is 35.2 Å². The highest BCUT2D eigenvalue weighted by molar-refractivity contribution is 5.65. The molecule has 2 aliphatic rings. The molecule has 2 saturated heterocycles. The highest BCUT2D eigenvalue weighted by atomic mass is 16.8. The van der Waals surface area contributed by atoms with E-state index in [1.54, 1.807) is 27.7 Å². The largest absolute Gasteiger partial charge is 0.394 e. The molecule has 0 aromatic heterocycles. The minimum atomic E-state index is -0.984. The summed E-state index contributed by atoms with van der Waals surface area (Å²) in [6.45, 7) is 6.78. The summed E-state index contributed by atoms with van der Waals surface area (Å²) < 4.78 is 23.4. The van der Waals surface area contributed by atoms with Gasteiger partial charge in [-0.1, -0.05) is 0 Å². The Morgan fingerprint density at radius 1 is 1.13 bits per heavy atom. The van der Waals surface area contributed by atoms with Gasteiger partial charge >= 0.3 is 0 Å². The fourth-order valence-corrected chi connectivity index (χ4v) is 3.63. The first-order valence-corrected chi connectivity index (χ1v) is 9.40. The normalized spacial score (nSPS) is 28.2. The van der Waals surface area contributed by atoms with Gasteiger partial charge in [-0.2, -0.15) is 0 Å². The molecule has 12 heteroatoms. The lowest BCUT2D eigenvalue weighted by atomic mass is 10.0. The number of nitro benzene ring substituents is 2. The molecule has 0 saturated carbocycles. The zero-order chi connectivity index (χ0) is 22.3.